The monoisotopic (exact) mass is 410 g/mol. The van der Waals surface area contributed by atoms with Gasteiger partial charge in [-0.1, -0.05) is 19.1 Å². The number of nitrogens with zero attached hydrogens (tertiary/aromatic N) is 3. The second-order valence-electron chi connectivity index (χ2n) is 7.24. The molecule has 0 radical (unpaired) electrons. The van der Waals surface area contributed by atoms with Crippen molar-refractivity contribution >= 4 is 22.9 Å². The number of hydrogen-bond acceptors (Lipinski definition) is 5. The third kappa shape index (κ3) is 4.18. The highest BCUT2D eigenvalue weighted by Crippen LogP contribution is 2.21. The predicted octanol–water partition coefficient (Wildman–Crippen LogP) is 2.99. The van der Waals surface area contributed by atoms with Crippen molar-refractivity contribution in [2.45, 2.75) is 40.2 Å². The smallest absolute Gasteiger partial charge is 0.278 e. The van der Waals surface area contributed by atoms with Crippen molar-refractivity contribution in [1.29, 1.82) is 0 Å². The maximum Gasteiger partial charge on any atom is 0.278 e. The Balaban J connectivity index is 1.93. The maximum absolute atomic E-state index is 13.0. The van der Waals surface area contributed by atoms with Crippen LogP contribution in [-0.4, -0.2) is 39.6 Å². The van der Waals surface area contributed by atoms with E-state index in [0.29, 0.717) is 47.5 Å². The summed E-state index contributed by atoms with van der Waals surface area (Å²) in [6.45, 7) is 6.30. The van der Waals surface area contributed by atoms with Crippen molar-refractivity contribution in [3.05, 3.63) is 63.3 Å². The number of benzene rings is 1. The molecule has 0 aliphatic heterocycles. The van der Waals surface area contributed by atoms with E-state index in [-0.39, 0.29) is 17.2 Å². The number of Topliss-reactive ketones (excluding diaryl/α,β-unsaturated/α-hetero) is 1. The van der Waals surface area contributed by atoms with Crippen molar-refractivity contribution in [2.24, 2.45) is 0 Å². The van der Waals surface area contributed by atoms with Gasteiger partial charge in [-0.15, -0.1) is 0 Å². The number of rotatable bonds is 8. The summed E-state index contributed by atoms with van der Waals surface area (Å²) in [6, 6.07) is 5.29. The Morgan fingerprint density at radius 3 is 2.70 bits per heavy atom. The summed E-state index contributed by atoms with van der Waals surface area (Å²) in [5, 5.41) is 7.11. The second kappa shape index (κ2) is 9.04. The van der Waals surface area contributed by atoms with E-state index in [1.54, 1.807) is 32.4 Å². The van der Waals surface area contributed by atoms with Crippen LogP contribution in [0.3, 0.4) is 0 Å². The van der Waals surface area contributed by atoms with Crippen molar-refractivity contribution in [2.75, 3.05) is 19.0 Å². The molecule has 2 aromatic heterocycles. The third-order valence-electron chi connectivity index (χ3n) is 5.08. The van der Waals surface area contributed by atoms with Crippen LogP contribution in [0.2, 0.25) is 0 Å². The number of fused-ring (bicyclic) bond motifs is 1. The van der Waals surface area contributed by atoms with Crippen molar-refractivity contribution < 1.29 is 14.3 Å². The lowest BCUT2D eigenvalue weighted by molar-refractivity contribution is 0.0979. The summed E-state index contributed by atoms with van der Waals surface area (Å²) in [4.78, 5) is 37.9. The predicted molar refractivity (Wildman–Crippen MR) is 114 cm³/mol. The van der Waals surface area contributed by atoms with E-state index < -0.39 is 0 Å². The Bertz CT molecular complexity index is 1160. The van der Waals surface area contributed by atoms with Crippen LogP contribution in [0.25, 0.3) is 5.52 Å². The van der Waals surface area contributed by atoms with Gasteiger partial charge in [0.05, 0.1) is 18.7 Å². The number of hydrogen-bond donors (Lipinski definition) is 1. The SMILES string of the molecule is CCCC(=O)c1ccc(C)c(NC(=O)c2cn3ncn(CCOC)c(=O)c3c2C)c1. The molecule has 2 heterocycles. The largest absolute Gasteiger partial charge is 0.383 e. The van der Waals surface area contributed by atoms with Gasteiger partial charge < -0.3 is 10.1 Å². The average Bonchev–Trinajstić information content (AvgIpc) is 3.06. The topological polar surface area (TPSA) is 94.7 Å². The molecule has 0 atom stereocenters. The Kier molecular flexibility index (Phi) is 6.47. The minimum atomic E-state index is -0.357. The third-order valence-corrected chi connectivity index (χ3v) is 5.08. The summed E-state index contributed by atoms with van der Waals surface area (Å²) >= 11 is 0. The number of amides is 1. The lowest BCUT2D eigenvalue weighted by Crippen LogP contribution is -2.24. The molecule has 30 heavy (non-hydrogen) atoms. The highest BCUT2D eigenvalue weighted by Gasteiger charge is 2.19. The number of nitrogens with one attached hydrogen (secondary N) is 1. The van der Waals surface area contributed by atoms with Crippen LogP contribution in [-0.2, 0) is 11.3 Å². The van der Waals surface area contributed by atoms with E-state index in [2.05, 4.69) is 10.4 Å². The number of anilines is 1. The molecule has 0 spiro atoms. The van der Waals surface area contributed by atoms with Crippen LogP contribution in [0.15, 0.2) is 35.5 Å². The molecule has 3 rings (SSSR count). The van der Waals surface area contributed by atoms with Crippen molar-refractivity contribution in [3.63, 3.8) is 0 Å². The molecule has 1 N–H and O–H groups in total. The van der Waals surface area contributed by atoms with Gasteiger partial charge in [-0.25, -0.2) is 4.52 Å². The number of carbonyl (C=O) groups excluding carboxylic acids is 2. The molecule has 158 valence electrons. The van der Waals surface area contributed by atoms with Crippen LogP contribution < -0.4 is 10.9 Å². The molecule has 0 bridgehead atoms. The quantitative estimate of drug-likeness (QED) is 0.576. The summed E-state index contributed by atoms with van der Waals surface area (Å²) in [6.07, 6.45) is 4.20. The molecule has 0 aliphatic carbocycles. The molecule has 0 unspecified atom stereocenters. The van der Waals surface area contributed by atoms with E-state index in [0.717, 1.165) is 12.0 Å². The second-order valence-corrected chi connectivity index (χ2v) is 7.24. The van der Waals surface area contributed by atoms with Gasteiger partial charge in [-0.05, 0) is 37.5 Å². The van der Waals surface area contributed by atoms with Crippen LogP contribution in [0.1, 0.15) is 51.6 Å². The van der Waals surface area contributed by atoms with Gasteiger partial charge in [0, 0.05) is 31.0 Å². The first kappa shape index (κ1) is 21.4. The summed E-state index contributed by atoms with van der Waals surface area (Å²) in [5.74, 6) is -0.316. The van der Waals surface area contributed by atoms with Gasteiger partial charge >= 0.3 is 0 Å². The molecule has 0 aliphatic rings. The van der Waals surface area contributed by atoms with Crippen molar-refractivity contribution in [1.82, 2.24) is 14.2 Å². The molecule has 0 saturated heterocycles. The molecule has 3 aromatic rings. The summed E-state index contributed by atoms with van der Waals surface area (Å²) < 4.78 is 7.90. The molecule has 0 fully saturated rings. The van der Waals surface area contributed by atoms with E-state index in [9.17, 15) is 14.4 Å². The Labute approximate surface area is 174 Å². The molecular formula is C22H26N4O4. The molecule has 1 amide bonds. The van der Waals surface area contributed by atoms with Crippen LogP contribution >= 0.6 is 0 Å². The van der Waals surface area contributed by atoms with Crippen molar-refractivity contribution in [3.8, 4) is 0 Å². The van der Waals surface area contributed by atoms with Gasteiger partial charge in [0.1, 0.15) is 11.8 Å². The zero-order valence-electron chi connectivity index (χ0n) is 17.7. The first-order valence-electron chi connectivity index (χ1n) is 9.88. The summed E-state index contributed by atoms with van der Waals surface area (Å²) in [5.41, 5.74) is 3.00. The minimum absolute atomic E-state index is 0.0413. The first-order valence-corrected chi connectivity index (χ1v) is 9.88. The Hall–Kier alpha value is -3.26. The molecule has 8 nitrogen and oxygen atoms in total. The van der Waals surface area contributed by atoms with Crippen LogP contribution in [0, 0.1) is 13.8 Å². The van der Waals surface area contributed by atoms with E-state index in [1.165, 1.54) is 15.4 Å². The molecule has 1 aromatic carbocycles. The number of ether oxygens (including phenoxy) is 1. The fraction of sp³-hybridized carbons (Fsp3) is 0.364. The van der Waals surface area contributed by atoms with Gasteiger partial charge in [0.25, 0.3) is 11.5 Å². The normalized spacial score (nSPS) is 11.1. The highest BCUT2D eigenvalue weighted by molar-refractivity contribution is 6.07. The van der Waals surface area contributed by atoms with Gasteiger partial charge in [-0.3, -0.25) is 19.0 Å². The molecule has 0 saturated carbocycles. The Morgan fingerprint density at radius 1 is 1.23 bits per heavy atom. The fourth-order valence-electron chi connectivity index (χ4n) is 3.31. The van der Waals surface area contributed by atoms with E-state index in [4.69, 9.17) is 4.74 Å². The fourth-order valence-corrected chi connectivity index (χ4v) is 3.31. The van der Waals surface area contributed by atoms with Gasteiger partial charge in [0.2, 0.25) is 0 Å². The maximum atomic E-state index is 13.0. The lowest BCUT2D eigenvalue weighted by Gasteiger charge is -2.10. The van der Waals surface area contributed by atoms with Crippen LogP contribution in [0.5, 0.6) is 0 Å². The summed E-state index contributed by atoms with van der Waals surface area (Å²) in [7, 11) is 1.56. The standard InChI is InChI=1S/C22H26N4O4/c1-5-6-19(27)16-8-7-14(2)18(11-16)24-21(28)17-12-26-20(15(17)3)22(29)25(13-23-26)9-10-30-4/h7-8,11-13H,5-6,9-10H2,1-4H3,(H,24,28). The highest BCUT2D eigenvalue weighted by atomic mass is 16.5. The van der Waals surface area contributed by atoms with E-state index in [1.807, 2.05) is 19.9 Å². The van der Waals surface area contributed by atoms with Crippen LogP contribution in [0.4, 0.5) is 5.69 Å². The number of methoxy groups -OCH3 is 1. The van der Waals surface area contributed by atoms with Gasteiger partial charge in [-0.2, -0.15) is 5.10 Å². The number of ketones is 1. The number of aryl methyl sites for hydroxylation is 2. The first-order chi connectivity index (χ1) is 14.4. The van der Waals surface area contributed by atoms with Gasteiger partial charge in [0.15, 0.2) is 5.78 Å². The zero-order valence-corrected chi connectivity index (χ0v) is 17.7. The zero-order chi connectivity index (χ0) is 21.8. The number of carbonyl (C=O) groups is 2. The van der Waals surface area contributed by atoms with E-state index >= 15 is 0 Å². The lowest BCUT2D eigenvalue weighted by atomic mass is 10.0. The molecule has 8 heteroatoms. The Morgan fingerprint density at radius 2 is 2.00 bits per heavy atom. The molecular weight excluding hydrogens is 384 g/mol. The minimum Gasteiger partial charge on any atom is -0.383 e. The average molecular weight is 410 g/mol. The number of aromatic nitrogens is 3.